The fraction of sp³-hybridized carbons (Fsp3) is 0.389. The Morgan fingerprint density at radius 2 is 2.16 bits per heavy atom. The van der Waals surface area contributed by atoms with E-state index in [-0.39, 0.29) is 18.5 Å². The number of carbonyl (C=O) groups excluding carboxylic acids is 1. The Bertz CT molecular complexity index is 818. The molecular weight excluding hydrogens is 322 g/mol. The molecule has 25 heavy (non-hydrogen) atoms. The molecule has 0 aliphatic carbocycles. The minimum absolute atomic E-state index is 0.0184. The summed E-state index contributed by atoms with van der Waals surface area (Å²) in [6.45, 7) is 0.633. The molecule has 1 aromatic heterocycles. The van der Waals surface area contributed by atoms with E-state index in [1.54, 1.807) is 31.4 Å². The first-order valence-corrected chi connectivity index (χ1v) is 8.17. The highest BCUT2D eigenvalue weighted by molar-refractivity contribution is 5.77. The second-order valence-corrected chi connectivity index (χ2v) is 5.88. The average molecular weight is 343 g/mol. The van der Waals surface area contributed by atoms with Gasteiger partial charge in [0.1, 0.15) is 18.0 Å². The van der Waals surface area contributed by atoms with Crippen LogP contribution in [0.4, 0.5) is 0 Å². The van der Waals surface area contributed by atoms with E-state index in [0.717, 1.165) is 29.9 Å². The number of hydrogen-bond donors (Lipinski definition) is 0. The highest BCUT2D eigenvalue weighted by Gasteiger charge is 2.32. The van der Waals surface area contributed by atoms with Crippen molar-refractivity contribution in [1.82, 2.24) is 14.5 Å². The summed E-state index contributed by atoms with van der Waals surface area (Å²) in [6.07, 6.45) is 4.74. The van der Waals surface area contributed by atoms with Crippen LogP contribution >= 0.6 is 0 Å². The quantitative estimate of drug-likeness (QED) is 0.825. The number of amides is 1. The maximum Gasteiger partial charge on any atom is 0.347 e. The topological polar surface area (TPSA) is 73.7 Å². The first-order valence-electron chi connectivity index (χ1n) is 8.17. The minimum Gasteiger partial charge on any atom is -0.497 e. The molecule has 7 heteroatoms. The number of rotatable bonds is 5. The molecule has 0 spiro atoms. The molecule has 0 saturated carbocycles. The zero-order valence-corrected chi connectivity index (χ0v) is 14.3. The zero-order chi connectivity index (χ0) is 17.8. The van der Waals surface area contributed by atoms with Crippen LogP contribution in [0, 0.1) is 0 Å². The van der Waals surface area contributed by atoms with Crippen LogP contribution < -0.4 is 15.2 Å². The van der Waals surface area contributed by atoms with E-state index in [4.69, 9.17) is 9.47 Å². The number of nitrogens with zero attached hydrogens (tertiary/aromatic N) is 3. The summed E-state index contributed by atoms with van der Waals surface area (Å²) >= 11 is 0. The average Bonchev–Trinajstić information content (AvgIpc) is 3.12. The Labute approximate surface area is 145 Å². The largest absolute Gasteiger partial charge is 0.497 e. The molecule has 3 rings (SSSR count). The summed E-state index contributed by atoms with van der Waals surface area (Å²) in [5.74, 6) is 1.34. The van der Waals surface area contributed by atoms with Crippen LogP contribution in [0.5, 0.6) is 11.5 Å². The van der Waals surface area contributed by atoms with Crippen molar-refractivity contribution in [2.75, 3.05) is 20.8 Å². The van der Waals surface area contributed by atoms with Gasteiger partial charge in [0.2, 0.25) is 5.91 Å². The van der Waals surface area contributed by atoms with E-state index in [1.807, 2.05) is 18.2 Å². The molecule has 1 aromatic carbocycles. The molecule has 1 aliphatic heterocycles. The van der Waals surface area contributed by atoms with Crippen molar-refractivity contribution < 1.29 is 14.3 Å². The normalized spacial score (nSPS) is 16.7. The second kappa shape index (κ2) is 7.38. The fourth-order valence-corrected chi connectivity index (χ4v) is 3.23. The van der Waals surface area contributed by atoms with Crippen molar-refractivity contribution in [2.45, 2.75) is 25.4 Å². The fourth-order valence-electron chi connectivity index (χ4n) is 3.23. The van der Waals surface area contributed by atoms with Crippen LogP contribution in [0.25, 0.3) is 0 Å². The maximum absolute atomic E-state index is 12.8. The molecule has 0 radical (unpaired) electrons. The molecule has 132 valence electrons. The van der Waals surface area contributed by atoms with Crippen molar-refractivity contribution in [3.63, 3.8) is 0 Å². The van der Waals surface area contributed by atoms with Gasteiger partial charge in [0.05, 0.1) is 20.3 Å². The smallest absolute Gasteiger partial charge is 0.347 e. The Kier molecular flexibility index (Phi) is 5.02. The van der Waals surface area contributed by atoms with Gasteiger partial charge in [-0.15, -0.1) is 0 Å². The van der Waals surface area contributed by atoms with Crippen LogP contribution in [0.1, 0.15) is 24.4 Å². The number of aromatic nitrogens is 2. The van der Waals surface area contributed by atoms with E-state index in [2.05, 4.69) is 4.98 Å². The standard InChI is InChI=1S/C18H21N3O4/c1-24-13-6-7-16(25-2)14(11-13)15-5-3-10-21(15)17(22)12-20-9-4-8-19-18(20)23/h4,6-9,11,15H,3,5,10,12H2,1-2H3/t15-/m1/s1. The van der Waals surface area contributed by atoms with Gasteiger partial charge < -0.3 is 14.4 Å². The van der Waals surface area contributed by atoms with Gasteiger partial charge in [-0.05, 0) is 37.1 Å². The van der Waals surface area contributed by atoms with Gasteiger partial charge in [0.25, 0.3) is 0 Å². The predicted molar refractivity (Wildman–Crippen MR) is 91.7 cm³/mol. The molecule has 0 unspecified atom stereocenters. The first kappa shape index (κ1) is 17.0. The second-order valence-electron chi connectivity index (χ2n) is 5.88. The molecule has 0 N–H and O–H groups in total. The molecule has 1 aliphatic rings. The third-order valence-corrected chi connectivity index (χ3v) is 4.46. The highest BCUT2D eigenvalue weighted by Crippen LogP contribution is 2.38. The van der Waals surface area contributed by atoms with Crippen molar-refractivity contribution in [3.8, 4) is 11.5 Å². The summed E-state index contributed by atoms with van der Waals surface area (Å²) in [5, 5.41) is 0. The van der Waals surface area contributed by atoms with Gasteiger partial charge in [-0.25, -0.2) is 9.78 Å². The Morgan fingerprint density at radius 1 is 1.32 bits per heavy atom. The SMILES string of the molecule is COc1ccc(OC)c([C@H]2CCCN2C(=O)Cn2cccnc2=O)c1. The van der Waals surface area contributed by atoms with Crippen LogP contribution in [-0.2, 0) is 11.3 Å². The maximum atomic E-state index is 12.8. The van der Waals surface area contributed by atoms with E-state index in [0.29, 0.717) is 6.54 Å². The molecule has 0 bridgehead atoms. The van der Waals surface area contributed by atoms with Gasteiger partial charge >= 0.3 is 5.69 Å². The molecule has 1 atom stereocenters. The lowest BCUT2D eigenvalue weighted by Gasteiger charge is -2.27. The van der Waals surface area contributed by atoms with Crippen LogP contribution in [0.3, 0.4) is 0 Å². The first-order chi connectivity index (χ1) is 12.1. The number of carbonyl (C=O) groups is 1. The Hall–Kier alpha value is -2.83. The molecule has 2 aromatic rings. The molecule has 1 fully saturated rings. The lowest BCUT2D eigenvalue weighted by molar-refractivity contribution is -0.132. The van der Waals surface area contributed by atoms with Crippen LogP contribution in [0.15, 0.2) is 41.5 Å². The Morgan fingerprint density at radius 3 is 2.88 bits per heavy atom. The summed E-state index contributed by atoms with van der Waals surface area (Å²) in [6, 6.07) is 7.14. The minimum atomic E-state index is -0.425. The number of likely N-dealkylation sites (tertiary alicyclic amines) is 1. The summed E-state index contributed by atoms with van der Waals surface area (Å²) in [7, 11) is 3.22. The van der Waals surface area contributed by atoms with Crippen molar-refractivity contribution in [1.29, 1.82) is 0 Å². The van der Waals surface area contributed by atoms with Gasteiger partial charge in [-0.2, -0.15) is 0 Å². The lowest BCUT2D eigenvalue weighted by atomic mass is 10.0. The number of benzene rings is 1. The van der Waals surface area contributed by atoms with E-state index < -0.39 is 5.69 Å². The van der Waals surface area contributed by atoms with Crippen molar-refractivity contribution in [2.24, 2.45) is 0 Å². The number of methoxy groups -OCH3 is 2. The summed E-state index contributed by atoms with van der Waals surface area (Å²) < 4.78 is 12.1. The van der Waals surface area contributed by atoms with Gasteiger partial charge in [-0.3, -0.25) is 9.36 Å². The number of hydrogen-bond acceptors (Lipinski definition) is 5. The van der Waals surface area contributed by atoms with E-state index in [1.165, 1.54) is 10.8 Å². The third-order valence-electron chi connectivity index (χ3n) is 4.46. The highest BCUT2D eigenvalue weighted by atomic mass is 16.5. The summed E-state index contributed by atoms with van der Waals surface area (Å²) in [4.78, 5) is 30.0. The molecule has 7 nitrogen and oxygen atoms in total. The van der Waals surface area contributed by atoms with Crippen molar-refractivity contribution in [3.05, 3.63) is 52.7 Å². The van der Waals surface area contributed by atoms with Crippen molar-refractivity contribution >= 4 is 5.91 Å². The van der Waals surface area contributed by atoms with E-state index in [9.17, 15) is 9.59 Å². The van der Waals surface area contributed by atoms with Gasteiger partial charge in [0, 0.05) is 24.5 Å². The lowest BCUT2D eigenvalue weighted by Crippen LogP contribution is -2.36. The molecule has 1 saturated heterocycles. The van der Waals surface area contributed by atoms with E-state index >= 15 is 0 Å². The molecule has 2 heterocycles. The monoisotopic (exact) mass is 343 g/mol. The third kappa shape index (κ3) is 3.50. The van der Waals surface area contributed by atoms with Gasteiger partial charge in [0.15, 0.2) is 0 Å². The Balaban J connectivity index is 1.86. The van der Waals surface area contributed by atoms with Gasteiger partial charge in [-0.1, -0.05) is 0 Å². The van der Waals surface area contributed by atoms with Crippen LogP contribution in [-0.4, -0.2) is 41.1 Å². The van der Waals surface area contributed by atoms with Crippen LogP contribution in [0.2, 0.25) is 0 Å². The number of ether oxygens (including phenoxy) is 2. The zero-order valence-electron chi connectivity index (χ0n) is 14.3. The molecular formula is C18H21N3O4. The predicted octanol–water partition coefficient (Wildman–Crippen LogP) is 1.62. The molecule has 1 amide bonds. The summed E-state index contributed by atoms with van der Waals surface area (Å²) in [5.41, 5.74) is 0.497.